The van der Waals surface area contributed by atoms with Crippen molar-refractivity contribution in [2.75, 3.05) is 13.7 Å². The number of nitrogens with one attached hydrogen (secondary N) is 1. The number of hydrogen-bond acceptors (Lipinski definition) is 3. The van der Waals surface area contributed by atoms with E-state index < -0.39 is 0 Å². The van der Waals surface area contributed by atoms with E-state index in [1.165, 1.54) is 18.2 Å². The summed E-state index contributed by atoms with van der Waals surface area (Å²) < 4.78 is 10.2. The second-order valence-electron chi connectivity index (χ2n) is 3.62. The van der Waals surface area contributed by atoms with E-state index in [0.717, 1.165) is 11.3 Å². The molecule has 0 saturated heterocycles. The van der Waals surface area contributed by atoms with E-state index in [4.69, 9.17) is 14.9 Å². The molecule has 1 N–H and O–H groups in total. The summed E-state index contributed by atoms with van der Waals surface area (Å²) in [6.45, 7) is 6.30. The summed E-state index contributed by atoms with van der Waals surface area (Å²) in [6, 6.07) is 4.08. The minimum absolute atomic E-state index is 0.132. The van der Waals surface area contributed by atoms with Gasteiger partial charge in [-0.2, -0.15) is 0 Å². The Bertz CT molecular complexity index is 372. The number of methoxy groups -OCH3 is 1. The van der Waals surface area contributed by atoms with E-state index in [0.29, 0.717) is 0 Å². The first-order valence-corrected chi connectivity index (χ1v) is 4.86. The molecule has 0 bridgehead atoms. The first kappa shape index (κ1) is 11.6. The fourth-order valence-corrected chi connectivity index (χ4v) is 1.29. The van der Waals surface area contributed by atoms with Crippen molar-refractivity contribution >= 4 is 5.90 Å². The molecule has 0 fully saturated rings. The molecule has 1 rings (SSSR count). The van der Waals surface area contributed by atoms with Crippen molar-refractivity contribution in [3.05, 3.63) is 28.8 Å². The molecule has 0 aliphatic rings. The van der Waals surface area contributed by atoms with Crippen LogP contribution in [0.1, 0.15) is 16.7 Å². The zero-order chi connectivity index (χ0) is 11.4. The Labute approximate surface area is 90.5 Å². The third kappa shape index (κ3) is 2.98. The van der Waals surface area contributed by atoms with Crippen molar-refractivity contribution in [1.82, 2.24) is 0 Å². The lowest BCUT2D eigenvalue weighted by Crippen LogP contribution is -2.12. The Kier molecular flexibility index (Phi) is 3.72. The Balaban J connectivity index is 2.77. The lowest BCUT2D eigenvalue weighted by molar-refractivity contribution is 0.308. The van der Waals surface area contributed by atoms with Crippen LogP contribution in [-0.4, -0.2) is 19.6 Å². The highest BCUT2D eigenvalue weighted by Crippen LogP contribution is 2.22. The summed E-state index contributed by atoms with van der Waals surface area (Å²) in [6.07, 6.45) is 0. The first-order chi connectivity index (χ1) is 7.04. The van der Waals surface area contributed by atoms with Gasteiger partial charge in [0, 0.05) is 0 Å². The van der Waals surface area contributed by atoms with Crippen LogP contribution in [0.15, 0.2) is 12.1 Å². The standard InChI is InChI=1S/C12H17NO2/c1-8-5-10(3)11(6-9(8)2)15-7-12(13)14-4/h5-6,13H,7H2,1-4H3. The maximum absolute atomic E-state index is 7.31. The normalized spacial score (nSPS) is 9.87. The van der Waals surface area contributed by atoms with Gasteiger partial charge in [0.25, 0.3) is 0 Å². The molecule has 0 radical (unpaired) electrons. The van der Waals surface area contributed by atoms with Gasteiger partial charge in [-0.15, -0.1) is 0 Å². The van der Waals surface area contributed by atoms with Crippen LogP contribution in [0.25, 0.3) is 0 Å². The van der Waals surface area contributed by atoms with Crippen LogP contribution in [0, 0.1) is 26.2 Å². The second-order valence-corrected chi connectivity index (χ2v) is 3.62. The van der Waals surface area contributed by atoms with Crippen LogP contribution in [0.5, 0.6) is 5.75 Å². The van der Waals surface area contributed by atoms with Gasteiger partial charge in [-0.25, -0.2) is 0 Å². The minimum atomic E-state index is 0.132. The fraction of sp³-hybridized carbons (Fsp3) is 0.417. The molecule has 0 spiro atoms. The smallest absolute Gasteiger partial charge is 0.219 e. The van der Waals surface area contributed by atoms with Crippen LogP contribution in [0.2, 0.25) is 0 Å². The van der Waals surface area contributed by atoms with Crippen molar-refractivity contribution in [3.63, 3.8) is 0 Å². The maximum Gasteiger partial charge on any atom is 0.219 e. The Hall–Kier alpha value is -1.51. The minimum Gasteiger partial charge on any atom is -0.484 e. The van der Waals surface area contributed by atoms with E-state index in [9.17, 15) is 0 Å². The van der Waals surface area contributed by atoms with Crippen LogP contribution < -0.4 is 4.74 Å². The Morgan fingerprint density at radius 1 is 1.13 bits per heavy atom. The molecule has 0 saturated carbocycles. The SMILES string of the molecule is COC(=N)COc1cc(C)c(C)cc1C. The molecule has 82 valence electrons. The molecule has 0 aliphatic heterocycles. The summed E-state index contributed by atoms with van der Waals surface area (Å²) in [4.78, 5) is 0. The van der Waals surface area contributed by atoms with Gasteiger partial charge >= 0.3 is 0 Å². The van der Waals surface area contributed by atoms with Crippen molar-refractivity contribution in [1.29, 1.82) is 5.41 Å². The van der Waals surface area contributed by atoms with E-state index in [1.807, 2.05) is 19.9 Å². The van der Waals surface area contributed by atoms with Crippen molar-refractivity contribution in [3.8, 4) is 5.75 Å². The molecule has 0 aliphatic carbocycles. The van der Waals surface area contributed by atoms with Crippen molar-refractivity contribution in [2.24, 2.45) is 0 Å². The molecule has 0 amide bonds. The number of aryl methyl sites for hydroxylation is 3. The van der Waals surface area contributed by atoms with Gasteiger partial charge in [-0.05, 0) is 43.5 Å². The molecule has 0 unspecified atom stereocenters. The van der Waals surface area contributed by atoms with E-state index in [-0.39, 0.29) is 12.5 Å². The molecular formula is C12H17NO2. The molecular weight excluding hydrogens is 190 g/mol. The highest BCUT2D eigenvalue weighted by Gasteiger charge is 2.04. The fourth-order valence-electron chi connectivity index (χ4n) is 1.29. The molecule has 1 aromatic rings. The van der Waals surface area contributed by atoms with Crippen LogP contribution in [0.4, 0.5) is 0 Å². The Morgan fingerprint density at radius 3 is 2.33 bits per heavy atom. The predicted molar refractivity (Wildman–Crippen MR) is 60.9 cm³/mol. The molecule has 0 aromatic heterocycles. The summed E-state index contributed by atoms with van der Waals surface area (Å²) >= 11 is 0. The molecule has 3 heteroatoms. The zero-order valence-corrected chi connectivity index (χ0v) is 9.68. The molecule has 0 heterocycles. The second kappa shape index (κ2) is 4.82. The monoisotopic (exact) mass is 207 g/mol. The van der Waals surface area contributed by atoms with Gasteiger partial charge in [-0.1, -0.05) is 6.07 Å². The van der Waals surface area contributed by atoms with Gasteiger partial charge < -0.3 is 9.47 Å². The summed E-state index contributed by atoms with van der Waals surface area (Å²) in [5.41, 5.74) is 3.53. The number of ether oxygens (including phenoxy) is 2. The highest BCUT2D eigenvalue weighted by atomic mass is 16.5. The zero-order valence-electron chi connectivity index (χ0n) is 9.68. The quantitative estimate of drug-likeness (QED) is 0.611. The third-order valence-electron chi connectivity index (χ3n) is 2.40. The predicted octanol–water partition coefficient (Wildman–Crippen LogP) is 2.61. The highest BCUT2D eigenvalue weighted by molar-refractivity contribution is 5.74. The summed E-state index contributed by atoms with van der Waals surface area (Å²) in [5, 5.41) is 7.31. The molecule has 15 heavy (non-hydrogen) atoms. The van der Waals surface area contributed by atoms with Crippen LogP contribution in [0.3, 0.4) is 0 Å². The van der Waals surface area contributed by atoms with Crippen LogP contribution in [-0.2, 0) is 4.74 Å². The average molecular weight is 207 g/mol. The van der Waals surface area contributed by atoms with E-state index in [1.54, 1.807) is 0 Å². The van der Waals surface area contributed by atoms with Gasteiger partial charge in [-0.3, -0.25) is 5.41 Å². The largest absolute Gasteiger partial charge is 0.484 e. The first-order valence-electron chi connectivity index (χ1n) is 4.86. The van der Waals surface area contributed by atoms with Gasteiger partial charge in [0.1, 0.15) is 5.75 Å². The van der Waals surface area contributed by atoms with Gasteiger partial charge in [0.05, 0.1) is 7.11 Å². The van der Waals surface area contributed by atoms with Crippen molar-refractivity contribution < 1.29 is 9.47 Å². The van der Waals surface area contributed by atoms with Crippen molar-refractivity contribution in [2.45, 2.75) is 20.8 Å². The molecule has 3 nitrogen and oxygen atoms in total. The topological polar surface area (TPSA) is 42.3 Å². The maximum atomic E-state index is 7.31. The molecule has 0 atom stereocenters. The lowest BCUT2D eigenvalue weighted by Gasteiger charge is -2.11. The number of hydrogen-bond donors (Lipinski definition) is 1. The van der Waals surface area contributed by atoms with Gasteiger partial charge in [0.2, 0.25) is 5.90 Å². The van der Waals surface area contributed by atoms with E-state index in [2.05, 4.69) is 13.0 Å². The Morgan fingerprint density at radius 2 is 1.73 bits per heavy atom. The number of rotatable bonds is 3. The number of benzene rings is 1. The summed E-state index contributed by atoms with van der Waals surface area (Å²) in [7, 11) is 1.47. The lowest BCUT2D eigenvalue weighted by atomic mass is 10.1. The molecule has 1 aromatic carbocycles. The van der Waals surface area contributed by atoms with Gasteiger partial charge in [0.15, 0.2) is 6.61 Å². The third-order valence-corrected chi connectivity index (χ3v) is 2.40. The average Bonchev–Trinajstić information content (AvgIpc) is 2.21. The van der Waals surface area contributed by atoms with Crippen LogP contribution >= 0.6 is 0 Å². The summed E-state index contributed by atoms with van der Waals surface area (Å²) in [5.74, 6) is 0.951. The van der Waals surface area contributed by atoms with E-state index >= 15 is 0 Å².